The molecule has 2 heterocycles. The van der Waals surface area contributed by atoms with Crippen molar-refractivity contribution < 1.29 is 19.2 Å². The third kappa shape index (κ3) is 6.78. The Balaban J connectivity index is 1.68. The van der Waals surface area contributed by atoms with Crippen molar-refractivity contribution >= 4 is 23.5 Å². The number of likely N-dealkylation sites (N-methyl/N-ethyl adjacent to an activating group) is 1. The number of amides is 3. The van der Waals surface area contributed by atoms with E-state index in [4.69, 9.17) is 0 Å². The number of nitrogens with one attached hydrogen (secondary N) is 3. The van der Waals surface area contributed by atoms with E-state index in [0.717, 1.165) is 36.8 Å². The minimum absolute atomic E-state index is 0.0182. The van der Waals surface area contributed by atoms with Crippen molar-refractivity contribution in [2.24, 2.45) is 0 Å². The van der Waals surface area contributed by atoms with Gasteiger partial charge in [0.05, 0.1) is 6.04 Å². The molecule has 0 bridgehead atoms. The van der Waals surface area contributed by atoms with Crippen LogP contribution in [0.1, 0.15) is 75.2 Å². The number of nitrogens with zero attached hydrogens (tertiary/aromatic N) is 1. The molecule has 35 heavy (non-hydrogen) atoms. The van der Waals surface area contributed by atoms with E-state index in [1.165, 1.54) is 0 Å². The summed E-state index contributed by atoms with van der Waals surface area (Å²) in [5.41, 5.74) is 2.33. The third-order valence-electron chi connectivity index (χ3n) is 6.88. The second kappa shape index (κ2) is 12.1. The van der Waals surface area contributed by atoms with Crippen LogP contribution in [0, 0.1) is 0 Å². The van der Waals surface area contributed by atoms with Crippen molar-refractivity contribution in [1.82, 2.24) is 20.9 Å². The predicted molar refractivity (Wildman–Crippen MR) is 135 cm³/mol. The molecule has 1 aromatic rings. The number of rotatable bonds is 8. The van der Waals surface area contributed by atoms with Gasteiger partial charge in [0.15, 0.2) is 5.78 Å². The van der Waals surface area contributed by atoms with Crippen LogP contribution in [-0.2, 0) is 20.9 Å². The highest BCUT2D eigenvalue weighted by molar-refractivity contribution is 6.05. The number of hydrogen-bond acceptors (Lipinski definition) is 5. The number of carbonyl (C=O) groups is 4. The maximum absolute atomic E-state index is 13.5. The fraction of sp³-hybridized carbons (Fsp3) is 0.556. The monoisotopic (exact) mass is 482 g/mol. The van der Waals surface area contributed by atoms with Crippen LogP contribution in [0.4, 0.5) is 0 Å². The van der Waals surface area contributed by atoms with E-state index in [1.54, 1.807) is 43.1 Å². The number of carbonyl (C=O) groups excluding carboxylic acids is 4. The molecule has 0 saturated carbocycles. The quantitative estimate of drug-likeness (QED) is 0.390. The molecule has 0 aromatic heterocycles. The van der Waals surface area contributed by atoms with Crippen LogP contribution in [0.3, 0.4) is 0 Å². The summed E-state index contributed by atoms with van der Waals surface area (Å²) in [5.74, 6) is -0.649. The first-order valence-corrected chi connectivity index (χ1v) is 12.6. The summed E-state index contributed by atoms with van der Waals surface area (Å²) in [5, 5.41) is 8.75. The van der Waals surface area contributed by atoms with E-state index < -0.39 is 18.1 Å². The van der Waals surface area contributed by atoms with Crippen LogP contribution in [0.2, 0.25) is 0 Å². The molecular formula is C27H38N4O4. The molecule has 3 rings (SSSR count). The van der Waals surface area contributed by atoms with Crippen molar-refractivity contribution in [3.05, 3.63) is 47.0 Å². The average Bonchev–Trinajstić information content (AvgIpc) is 3.25. The lowest BCUT2D eigenvalue weighted by Crippen LogP contribution is -2.57. The molecule has 1 unspecified atom stereocenters. The van der Waals surface area contributed by atoms with Crippen LogP contribution < -0.4 is 16.0 Å². The van der Waals surface area contributed by atoms with E-state index >= 15 is 0 Å². The van der Waals surface area contributed by atoms with Crippen molar-refractivity contribution in [2.45, 2.75) is 90.0 Å². The maximum atomic E-state index is 13.5. The van der Waals surface area contributed by atoms with Crippen molar-refractivity contribution in [3.63, 3.8) is 0 Å². The molecule has 8 nitrogen and oxygen atoms in total. The van der Waals surface area contributed by atoms with Crippen molar-refractivity contribution in [1.29, 1.82) is 0 Å². The van der Waals surface area contributed by atoms with Gasteiger partial charge < -0.3 is 20.9 Å². The lowest BCUT2D eigenvalue weighted by molar-refractivity contribution is -0.144. The smallest absolute Gasteiger partial charge is 0.246 e. The SMILES string of the molecule is CN[C@@H](C)C(=O)N[C@H]1CCCCC2CC[C@@H](C(=O)NCc3cccc(C(=O)C=C(C)C)c3)N2C1=O. The molecule has 0 spiro atoms. The molecular weight excluding hydrogens is 444 g/mol. The summed E-state index contributed by atoms with van der Waals surface area (Å²) in [6, 6.07) is 5.67. The minimum atomic E-state index is -0.618. The maximum Gasteiger partial charge on any atom is 0.246 e. The standard InChI is InChI=1S/C27H38N4O4/c1-17(2)14-24(32)20-9-7-8-19(15-20)16-29-26(34)23-13-12-21-10-5-6-11-22(27(35)31(21)23)30-25(33)18(3)28-4/h7-9,14-15,18,21-23,28H,5-6,10-13,16H2,1-4H3,(H,29,34)(H,30,33)/t18-,21?,22-,23-/m0/s1. The Morgan fingerprint density at radius 3 is 2.57 bits per heavy atom. The predicted octanol–water partition coefficient (Wildman–Crippen LogP) is 2.48. The highest BCUT2D eigenvalue weighted by atomic mass is 16.2. The zero-order chi connectivity index (χ0) is 25.5. The lowest BCUT2D eigenvalue weighted by atomic mass is 9.98. The van der Waals surface area contributed by atoms with Crippen LogP contribution in [0.15, 0.2) is 35.9 Å². The van der Waals surface area contributed by atoms with Crippen LogP contribution in [0.25, 0.3) is 0 Å². The topological polar surface area (TPSA) is 108 Å². The van der Waals surface area contributed by atoms with Crippen LogP contribution in [0.5, 0.6) is 0 Å². The summed E-state index contributed by atoms with van der Waals surface area (Å²) in [4.78, 5) is 53.2. The summed E-state index contributed by atoms with van der Waals surface area (Å²) < 4.78 is 0. The second-order valence-corrected chi connectivity index (χ2v) is 9.85. The first-order valence-electron chi connectivity index (χ1n) is 12.6. The van der Waals surface area contributed by atoms with Crippen molar-refractivity contribution in [3.8, 4) is 0 Å². The van der Waals surface area contributed by atoms with Gasteiger partial charge in [-0.15, -0.1) is 0 Å². The molecule has 2 saturated heterocycles. The van der Waals surface area contributed by atoms with Crippen molar-refractivity contribution in [2.75, 3.05) is 7.05 Å². The van der Waals surface area contributed by atoms with Gasteiger partial charge in [0.25, 0.3) is 0 Å². The molecule has 2 aliphatic heterocycles. The Bertz CT molecular complexity index is 985. The molecule has 2 aliphatic rings. The van der Waals surface area contributed by atoms with Gasteiger partial charge in [-0.2, -0.15) is 0 Å². The molecule has 8 heteroatoms. The molecule has 4 atom stereocenters. The van der Waals surface area contributed by atoms with E-state index in [-0.39, 0.29) is 36.1 Å². The van der Waals surface area contributed by atoms with E-state index in [9.17, 15) is 19.2 Å². The van der Waals surface area contributed by atoms with Gasteiger partial charge in [-0.05, 0) is 71.2 Å². The second-order valence-electron chi connectivity index (χ2n) is 9.85. The van der Waals surface area contributed by atoms with Gasteiger partial charge in [-0.3, -0.25) is 19.2 Å². The van der Waals surface area contributed by atoms with Crippen LogP contribution >= 0.6 is 0 Å². The molecule has 1 aromatic carbocycles. The Kier molecular flexibility index (Phi) is 9.20. The number of hydrogen-bond donors (Lipinski definition) is 3. The zero-order valence-electron chi connectivity index (χ0n) is 21.2. The van der Waals surface area contributed by atoms with E-state index in [2.05, 4.69) is 16.0 Å². The highest BCUT2D eigenvalue weighted by Crippen LogP contribution is 2.31. The molecule has 2 fully saturated rings. The number of ketones is 1. The Morgan fingerprint density at radius 2 is 1.86 bits per heavy atom. The Morgan fingerprint density at radius 1 is 1.11 bits per heavy atom. The molecule has 190 valence electrons. The molecule has 3 N–H and O–H groups in total. The fourth-order valence-corrected chi connectivity index (χ4v) is 4.84. The van der Waals surface area contributed by atoms with Gasteiger partial charge >= 0.3 is 0 Å². The number of benzene rings is 1. The van der Waals surface area contributed by atoms with E-state index in [0.29, 0.717) is 18.4 Å². The third-order valence-corrected chi connectivity index (χ3v) is 6.88. The normalized spacial score (nSPS) is 22.9. The first-order chi connectivity index (χ1) is 16.7. The van der Waals surface area contributed by atoms with Gasteiger partial charge in [0, 0.05) is 18.2 Å². The Labute approximate surface area is 207 Å². The molecule has 3 amide bonds. The van der Waals surface area contributed by atoms with Gasteiger partial charge in [-0.25, -0.2) is 0 Å². The van der Waals surface area contributed by atoms with Gasteiger partial charge in [0.1, 0.15) is 12.1 Å². The lowest BCUT2D eigenvalue weighted by Gasteiger charge is -2.35. The summed E-state index contributed by atoms with van der Waals surface area (Å²) in [7, 11) is 1.70. The van der Waals surface area contributed by atoms with Crippen LogP contribution in [-0.4, -0.2) is 59.6 Å². The largest absolute Gasteiger partial charge is 0.350 e. The molecule has 0 aliphatic carbocycles. The minimum Gasteiger partial charge on any atom is -0.350 e. The average molecular weight is 483 g/mol. The Hall–Kier alpha value is -3.00. The first kappa shape index (κ1) is 26.6. The summed E-state index contributed by atoms with van der Waals surface area (Å²) >= 11 is 0. The number of allylic oxidation sites excluding steroid dienone is 2. The highest BCUT2D eigenvalue weighted by Gasteiger charge is 2.43. The molecule has 0 radical (unpaired) electrons. The number of fused-ring (bicyclic) bond motifs is 1. The summed E-state index contributed by atoms with van der Waals surface area (Å²) in [6.45, 7) is 5.78. The van der Waals surface area contributed by atoms with E-state index in [1.807, 2.05) is 19.9 Å². The van der Waals surface area contributed by atoms with Gasteiger partial charge in [-0.1, -0.05) is 36.6 Å². The zero-order valence-corrected chi connectivity index (χ0v) is 21.2. The fourth-order valence-electron chi connectivity index (χ4n) is 4.84. The summed E-state index contributed by atoms with van der Waals surface area (Å²) in [6.07, 6.45) is 6.26. The van der Waals surface area contributed by atoms with Gasteiger partial charge in [0.2, 0.25) is 17.7 Å².